The molecule has 0 fully saturated rings. The molecule has 0 radical (unpaired) electrons. The van der Waals surface area contributed by atoms with Crippen LogP contribution in [-0.4, -0.2) is 4.57 Å². The van der Waals surface area contributed by atoms with Crippen LogP contribution >= 0.6 is 0 Å². The summed E-state index contributed by atoms with van der Waals surface area (Å²) in [5.41, 5.74) is 19.9. The Morgan fingerprint density at radius 1 is 0.294 bits per heavy atom. The molecule has 68 heavy (non-hydrogen) atoms. The maximum atomic E-state index is 2.48. The van der Waals surface area contributed by atoms with E-state index < -0.39 is 5.41 Å². The molecule has 0 N–H and O–H groups in total. The maximum absolute atomic E-state index is 2.48. The summed E-state index contributed by atoms with van der Waals surface area (Å²) in [4.78, 5) is 4.94. The first-order valence-electron chi connectivity index (χ1n) is 23.5. The van der Waals surface area contributed by atoms with Crippen LogP contribution in [0, 0.1) is 0 Å². The van der Waals surface area contributed by atoms with E-state index in [9.17, 15) is 0 Å². The molecular formula is C65H43N3. The Labute approximate surface area is 395 Å². The van der Waals surface area contributed by atoms with Crippen molar-refractivity contribution in [3.63, 3.8) is 0 Å². The van der Waals surface area contributed by atoms with Crippen LogP contribution in [0.4, 0.5) is 34.1 Å². The van der Waals surface area contributed by atoms with Crippen molar-refractivity contribution in [3.8, 4) is 27.9 Å². The molecule has 14 rings (SSSR count). The number of hydrogen-bond acceptors (Lipinski definition) is 2. The maximum Gasteiger partial charge on any atom is 0.0727 e. The van der Waals surface area contributed by atoms with Crippen molar-refractivity contribution in [2.24, 2.45) is 0 Å². The number of anilines is 6. The average Bonchev–Trinajstić information content (AvgIpc) is 4.02. The number of rotatable bonds is 7. The van der Waals surface area contributed by atoms with Crippen molar-refractivity contribution in [2.75, 3.05) is 9.80 Å². The Hall–Kier alpha value is -8.92. The Balaban J connectivity index is 1.03. The molecule has 2 aliphatic carbocycles. The van der Waals surface area contributed by atoms with E-state index in [1.807, 2.05) is 0 Å². The molecule has 318 valence electrons. The SMILES string of the molecule is c1ccc(N(c2ccc3ccccc3c2)c2cccc3c2-c2ccccc2C32c3ccccc3-c3c(N(c4ccccc4)c4ccc5c6ccccc6n(-c6ccccc6)c5c4)cccc32)cc1. The zero-order valence-electron chi connectivity index (χ0n) is 37.2. The van der Waals surface area contributed by atoms with Gasteiger partial charge in [0, 0.05) is 50.3 Å². The fraction of sp³-hybridized carbons (Fsp3) is 0.0154. The molecule has 1 heterocycles. The van der Waals surface area contributed by atoms with Crippen molar-refractivity contribution >= 4 is 66.7 Å². The normalized spacial score (nSPS) is 14.2. The lowest BCUT2D eigenvalue weighted by atomic mass is 9.70. The summed E-state index contributed by atoms with van der Waals surface area (Å²) < 4.78 is 2.41. The predicted molar refractivity (Wildman–Crippen MR) is 284 cm³/mol. The van der Waals surface area contributed by atoms with Gasteiger partial charge < -0.3 is 14.4 Å². The topological polar surface area (TPSA) is 11.4 Å². The Morgan fingerprint density at radius 3 is 1.40 bits per heavy atom. The van der Waals surface area contributed by atoms with E-state index in [0.29, 0.717) is 0 Å². The molecule has 0 saturated carbocycles. The van der Waals surface area contributed by atoms with E-state index in [1.54, 1.807) is 0 Å². The molecule has 0 bridgehead atoms. The van der Waals surface area contributed by atoms with Crippen LogP contribution in [0.5, 0.6) is 0 Å². The van der Waals surface area contributed by atoms with Crippen molar-refractivity contribution in [3.05, 3.63) is 283 Å². The third-order valence-electron chi connectivity index (χ3n) is 14.5. The van der Waals surface area contributed by atoms with Gasteiger partial charge in [-0.2, -0.15) is 0 Å². The summed E-state index contributed by atoms with van der Waals surface area (Å²) in [7, 11) is 0. The first kappa shape index (κ1) is 38.4. The van der Waals surface area contributed by atoms with Gasteiger partial charge in [-0.05, 0) is 123 Å². The van der Waals surface area contributed by atoms with Gasteiger partial charge in [0.1, 0.15) is 0 Å². The van der Waals surface area contributed by atoms with Gasteiger partial charge in [0.05, 0.1) is 27.8 Å². The number of hydrogen-bond donors (Lipinski definition) is 0. The number of aromatic nitrogens is 1. The summed E-state index contributed by atoms with van der Waals surface area (Å²) >= 11 is 0. The summed E-state index contributed by atoms with van der Waals surface area (Å²) in [6.45, 7) is 0. The van der Waals surface area contributed by atoms with Crippen molar-refractivity contribution in [1.82, 2.24) is 4.57 Å². The highest BCUT2D eigenvalue weighted by Crippen LogP contribution is 2.66. The highest BCUT2D eigenvalue weighted by Gasteiger charge is 2.53. The minimum Gasteiger partial charge on any atom is -0.310 e. The summed E-state index contributed by atoms with van der Waals surface area (Å²) in [6.07, 6.45) is 0. The number of nitrogens with zero attached hydrogens (tertiary/aromatic N) is 3. The lowest BCUT2D eigenvalue weighted by molar-refractivity contribution is 0.793. The van der Waals surface area contributed by atoms with Gasteiger partial charge in [-0.25, -0.2) is 0 Å². The molecule has 1 atom stereocenters. The molecule has 0 saturated heterocycles. The fourth-order valence-electron chi connectivity index (χ4n) is 11.8. The second-order valence-electron chi connectivity index (χ2n) is 18.0. The van der Waals surface area contributed by atoms with Crippen LogP contribution < -0.4 is 9.80 Å². The van der Waals surface area contributed by atoms with E-state index in [4.69, 9.17) is 0 Å². The monoisotopic (exact) mass is 865 g/mol. The highest BCUT2D eigenvalue weighted by atomic mass is 15.2. The van der Waals surface area contributed by atoms with Crippen molar-refractivity contribution < 1.29 is 0 Å². The molecule has 12 aromatic rings. The second kappa shape index (κ2) is 15.1. The van der Waals surface area contributed by atoms with E-state index in [0.717, 1.165) is 39.8 Å². The Bertz CT molecular complexity index is 3930. The molecule has 3 heteroatoms. The van der Waals surface area contributed by atoms with Gasteiger partial charge in [0.15, 0.2) is 0 Å². The molecule has 1 unspecified atom stereocenters. The largest absolute Gasteiger partial charge is 0.310 e. The lowest BCUT2D eigenvalue weighted by Gasteiger charge is -2.32. The summed E-state index contributed by atoms with van der Waals surface area (Å²) in [6, 6.07) is 96.1. The van der Waals surface area contributed by atoms with Crippen molar-refractivity contribution in [2.45, 2.75) is 5.41 Å². The Morgan fingerprint density at radius 2 is 0.765 bits per heavy atom. The third kappa shape index (κ3) is 5.47. The lowest BCUT2D eigenvalue weighted by Crippen LogP contribution is -2.26. The van der Waals surface area contributed by atoms with Gasteiger partial charge in [-0.15, -0.1) is 0 Å². The molecule has 0 aliphatic heterocycles. The first-order chi connectivity index (χ1) is 33.8. The van der Waals surface area contributed by atoms with E-state index >= 15 is 0 Å². The van der Waals surface area contributed by atoms with Crippen LogP contribution in [-0.2, 0) is 5.41 Å². The second-order valence-corrected chi connectivity index (χ2v) is 18.0. The number of benzene rings is 11. The standard InChI is InChI=1S/C65H43N3/c1-4-22-46(23-5-1)66(49-39-38-44-20-10-11-21-45(44)42-49)60-36-18-33-57-63(60)53-29-12-15-31-55(53)65(57)56-32-16-13-30-54(56)64-58(65)34-19-37-61(64)67(47-24-6-2-7-25-47)50-40-41-52-51-28-14-17-35-59(51)68(62(52)43-50)48-26-8-3-9-27-48/h1-43H. The molecule has 11 aromatic carbocycles. The van der Waals surface area contributed by atoms with Crippen molar-refractivity contribution in [1.29, 1.82) is 0 Å². The smallest absolute Gasteiger partial charge is 0.0727 e. The average molecular weight is 866 g/mol. The number of fused-ring (bicyclic) bond motifs is 14. The zero-order chi connectivity index (χ0) is 44.8. The van der Waals surface area contributed by atoms with Crippen LogP contribution in [0.2, 0.25) is 0 Å². The van der Waals surface area contributed by atoms with E-state index in [1.165, 1.54) is 77.1 Å². The van der Waals surface area contributed by atoms with Crippen LogP contribution in [0.3, 0.4) is 0 Å². The summed E-state index contributed by atoms with van der Waals surface area (Å²) in [5.74, 6) is 0. The van der Waals surface area contributed by atoms with E-state index in [2.05, 4.69) is 275 Å². The van der Waals surface area contributed by atoms with Crippen LogP contribution in [0.15, 0.2) is 261 Å². The fourth-order valence-corrected chi connectivity index (χ4v) is 11.8. The summed E-state index contributed by atoms with van der Waals surface area (Å²) in [5, 5.41) is 4.91. The molecule has 3 nitrogen and oxygen atoms in total. The third-order valence-corrected chi connectivity index (χ3v) is 14.5. The zero-order valence-corrected chi connectivity index (χ0v) is 37.2. The predicted octanol–water partition coefficient (Wildman–Crippen LogP) is 17.2. The van der Waals surface area contributed by atoms with Gasteiger partial charge in [-0.3, -0.25) is 0 Å². The van der Waals surface area contributed by atoms with Gasteiger partial charge >= 0.3 is 0 Å². The Kier molecular flexibility index (Phi) is 8.50. The molecule has 1 spiro atoms. The van der Waals surface area contributed by atoms with Crippen LogP contribution in [0.25, 0.3) is 60.5 Å². The highest BCUT2D eigenvalue weighted by molar-refractivity contribution is 6.11. The van der Waals surface area contributed by atoms with Gasteiger partial charge in [0.25, 0.3) is 0 Å². The molecule has 1 aromatic heterocycles. The van der Waals surface area contributed by atoms with E-state index in [-0.39, 0.29) is 0 Å². The minimum absolute atomic E-state index is 0.582. The molecular weight excluding hydrogens is 823 g/mol. The quantitative estimate of drug-likeness (QED) is 0.158. The minimum atomic E-state index is -0.582. The molecule has 0 amide bonds. The first-order valence-corrected chi connectivity index (χ1v) is 23.5. The number of para-hydroxylation sites is 4. The van der Waals surface area contributed by atoms with Gasteiger partial charge in [-0.1, -0.05) is 182 Å². The van der Waals surface area contributed by atoms with Gasteiger partial charge in [0.2, 0.25) is 0 Å². The molecule has 2 aliphatic rings. The van der Waals surface area contributed by atoms with Crippen LogP contribution in [0.1, 0.15) is 22.3 Å².